The molecule has 7 heteroatoms. The van der Waals surface area contributed by atoms with Crippen LogP contribution in [0.5, 0.6) is 0 Å². The molecule has 0 atom stereocenters. The van der Waals surface area contributed by atoms with Gasteiger partial charge >= 0.3 is 0 Å². The lowest BCUT2D eigenvalue weighted by Gasteiger charge is -2.11. The normalized spacial score (nSPS) is 11.9. The number of rotatable bonds is 6. The summed E-state index contributed by atoms with van der Waals surface area (Å²) in [5, 5.41) is 16.2. The van der Waals surface area contributed by atoms with Crippen molar-refractivity contribution in [3.8, 4) is 0 Å². The maximum Gasteiger partial charge on any atom is 0.191 e. The van der Waals surface area contributed by atoms with Gasteiger partial charge in [0.1, 0.15) is 12.4 Å². The molecule has 7 nitrogen and oxygen atoms in total. The molecule has 0 aliphatic heterocycles. The first kappa shape index (κ1) is 18.0. The summed E-state index contributed by atoms with van der Waals surface area (Å²) in [4.78, 5) is 7.97. The van der Waals surface area contributed by atoms with Crippen LogP contribution in [0.15, 0.2) is 29.4 Å². The van der Waals surface area contributed by atoms with E-state index in [4.69, 9.17) is 0 Å². The second kappa shape index (κ2) is 8.03. The van der Waals surface area contributed by atoms with Gasteiger partial charge in [0.05, 0.1) is 0 Å². The van der Waals surface area contributed by atoms with E-state index in [0.717, 1.165) is 37.1 Å². The van der Waals surface area contributed by atoms with E-state index in [1.165, 1.54) is 22.0 Å². The van der Waals surface area contributed by atoms with E-state index in [0.29, 0.717) is 6.54 Å². The second-order valence-corrected chi connectivity index (χ2v) is 6.46. The summed E-state index contributed by atoms with van der Waals surface area (Å²) < 4.78 is 1.96. The summed E-state index contributed by atoms with van der Waals surface area (Å²) in [5.74, 6) is 2.54. The summed E-state index contributed by atoms with van der Waals surface area (Å²) in [7, 11) is 1.96. The molecule has 1 aromatic carbocycles. The van der Waals surface area contributed by atoms with Gasteiger partial charge in [-0.1, -0.05) is 12.1 Å². The molecule has 3 rings (SSSR count). The van der Waals surface area contributed by atoms with Gasteiger partial charge < -0.3 is 20.2 Å². The van der Waals surface area contributed by atoms with E-state index in [-0.39, 0.29) is 0 Å². The van der Waals surface area contributed by atoms with Crippen molar-refractivity contribution in [2.45, 2.75) is 33.7 Å². The molecule has 0 aliphatic carbocycles. The van der Waals surface area contributed by atoms with Gasteiger partial charge in [0.2, 0.25) is 0 Å². The third-order valence-corrected chi connectivity index (χ3v) is 4.52. The van der Waals surface area contributed by atoms with Crippen LogP contribution < -0.4 is 10.6 Å². The molecule has 26 heavy (non-hydrogen) atoms. The van der Waals surface area contributed by atoms with E-state index in [9.17, 15) is 0 Å². The maximum absolute atomic E-state index is 4.61. The van der Waals surface area contributed by atoms with Gasteiger partial charge in [0.15, 0.2) is 11.8 Å². The number of hydrogen-bond donors (Lipinski definition) is 3. The van der Waals surface area contributed by atoms with Gasteiger partial charge in [-0.25, -0.2) is 4.99 Å². The van der Waals surface area contributed by atoms with Crippen LogP contribution in [-0.4, -0.2) is 38.8 Å². The number of nitrogens with zero attached hydrogens (tertiary/aromatic N) is 4. The number of aliphatic imine (C=N–C) groups is 1. The molecule has 0 unspecified atom stereocenters. The molecule has 0 aliphatic rings. The molecule has 2 heterocycles. The Balaban J connectivity index is 1.61. The fraction of sp³-hybridized carbons (Fsp3) is 0.421. The lowest BCUT2D eigenvalue weighted by molar-refractivity contribution is 0.754. The first-order valence-corrected chi connectivity index (χ1v) is 9.02. The lowest BCUT2D eigenvalue weighted by Crippen LogP contribution is -2.38. The molecule has 3 N–H and O–H groups in total. The van der Waals surface area contributed by atoms with Gasteiger partial charge in [0, 0.05) is 37.2 Å². The molecule has 0 amide bonds. The molecule has 0 saturated carbocycles. The Hall–Kier alpha value is -2.83. The fourth-order valence-electron chi connectivity index (χ4n) is 2.90. The summed E-state index contributed by atoms with van der Waals surface area (Å²) >= 11 is 0. The number of guanidine groups is 1. The van der Waals surface area contributed by atoms with Crippen LogP contribution in [0.2, 0.25) is 0 Å². The summed E-state index contributed by atoms with van der Waals surface area (Å²) in [6, 6.07) is 6.52. The number of aryl methyl sites for hydroxylation is 2. The van der Waals surface area contributed by atoms with Crippen molar-refractivity contribution < 1.29 is 0 Å². The smallest absolute Gasteiger partial charge is 0.191 e. The number of nitrogens with one attached hydrogen (secondary N) is 3. The van der Waals surface area contributed by atoms with Gasteiger partial charge in [-0.15, -0.1) is 10.2 Å². The topological polar surface area (TPSA) is 82.9 Å². The van der Waals surface area contributed by atoms with Crippen LogP contribution in [0.25, 0.3) is 10.9 Å². The molecule has 0 saturated heterocycles. The molecule has 2 aromatic heterocycles. The first-order chi connectivity index (χ1) is 12.6. The van der Waals surface area contributed by atoms with Crippen LogP contribution in [-0.2, 0) is 20.0 Å². The zero-order chi connectivity index (χ0) is 18.5. The molecule has 0 bridgehead atoms. The van der Waals surface area contributed by atoms with Crippen LogP contribution in [0, 0.1) is 13.8 Å². The minimum atomic E-state index is 0.499. The largest absolute Gasteiger partial charge is 0.361 e. The molecular weight excluding hydrogens is 326 g/mol. The van der Waals surface area contributed by atoms with Crippen molar-refractivity contribution in [2.24, 2.45) is 12.0 Å². The highest BCUT2D eigenvalue weighted by Gasteiger charge is 2.06. The quantitative estimate of drug-likeness (QED) is 0.469. The summed E-state index contributed by atoms with van der Waals surface area (Å²) in [6.07, 6.45) is 3.02. The van der Waals surface area contributed by atoms with Gasteiger partial charge in [0.25, 0.3) is 0 Å². The average molecular weight is 353 g/mol. The molecule has 3 aromatic rings. The Morgan fingerprint density at radius 2 is 2.08 bits per heavy atom. The van der Waals surface area contributed by atoms with Crippen LogP contribution >= 0.6 is 0 Å². The van der Waals surface area contributed by atoms with Crippen molar-refractivity contribution in [1.29, 1.82) is 0 Å². The minimum absolute atomic E-state index is 0.499. The lowest BCUT2D eigenvalue weighted by atomic mass is 10.1. The van der Waals surface area contributed by atoms with Crippen LogP contribution in [0.4, 0.5) is 0 Å². The molecule has 0 spiro atoms. The fourth-order valence-corrected chi connectivity index (χ4v) is 2.90. The van der Waals surface area contributed by atoms with Crippen LogP contribution in [0.1, 0.15) is 29.7 Å². The highest BCUT2D eigenvalue weighted by Crippen LogP contribution is 2.19. The number of H-pyrrole nitrogens is 1. The van der Waals surface area contributed by atoms with Crippen molar-refractivity contribution in [2.75, 3.05) is 13.1 Å². The number of aromatic amines is 1. The van der Waals surface area contributed by atoms with Gasteiger partial charge in [-0.2, -0.15) is 0 Å². The van der Waals surface area contributed by atoms with Gasteiger partial charge in [-0.3, -0.25) is 0 Å². The molecule has 138 valence electrons. The number of fused-ring (bicyclic) bond motifs is 1. The summed E-state index contributed by atoms with van der Waals surface area (Å²) in [6.45, 7) is 8.23. The van der Waals surface area contributed by atoms with Crippen molar-refractivity contribution in [1.82, 2.24) is 30.4 Å². The summed E-state index contributed by atoms with van der Waals surface area (Å²) in [5.41, 5.74) is 3.77. The first-order valence-electron chi connectivity index (χ1n) is 9.02. The standard InChI is InChI=1S/C19H27N7/c1-5-20-19(23-12-18-25-24-14(3)26(18)4)21-9-8-15-11-22-17-10-13(2)6-7-16(15)17/h6-7,10-11,22H,5,8-9,12H2,1-4H3,(H2,20,21,23). The van der Waals surface area contributed by atoms with E-state index in [1.54, 1.807) is 0 Å². The van der Waals surface area contributed by atoms with Gasteiger partial charge in [-0.05, 0) is 44.4 Å². The van der Waals surface area contributed by atoms with Crippen molar-refractivity contribution in [3.05, 3.63) is 47.2 Å². The van der Waals surface area contributed by atoms with Crippen molar-refractivity contribution in [3.63, 3.8) is 0 Å². The van der Waals surface area contributed by atoms with Crippen LogP contribution in [0.3, 0.4) is 0 Å². The molecular formula is C19H27N7. The third-order valence-electron chi connectivity index (χ3n) is 4.52. The predicted octanol–water partition coefficient (Wildman–Crippen LogP) is 2.21. The Morgan fingerprint density at radius 1 is 1.23 bits per heavy atom. The maximum atomic E-state index is 4.61. The van der Waals surface area contributed by atoms with Crippen molar-refractivity contribution >= 4 is 16.9 Å². The Labute approximate surface area is 153 Å². The van der Waals surface area contributed by atoms with E-state index < -0.39 is 0 Å². The van der Waals surface area contributed by atoms with E-state index in [1.807, 2.05) is 18.5 Å². The zero-order valence-electron chi connectivity index (χ0n) is 15.9. The number of aromatic nitrogens is 4. The zero-order valence-corrected chi connectivity index (χ0v) is 15.9. The van der Waals surface area contributed by atoms with E-state index >= 15 is 0 Å². The highest BCUT2D eigenvalue weighted by molar-refractivity contribution is 5.84. The Bertz CT molecular complexity index is 904. The minimum Gasteiger partial charge on any atom is -0.361 e. The molecule has 0 fully saturated rings. The SMILES string of the molecule is CCNC(=NCc1nnc(C)n1C)NCCc1c[nH]c2cc(C)ccc12. The Morgan fingerprint density at radius 3 is 2.81 bits per heavy atom. The highest BCUT2D eigenvalue weighted by atomic mass is 15.3. The second-order valence-electron chi connectivity index (χ2n) is 6.46. The number of benzene rings is 1. The molecule has 0 radical (unpaired) electrons. The monoisotopic (exact) mass is 353 g/mol. The van der Waals surface area contributed by atoms with E-state index in [2.05, 4.69) is 69.1 Å². The average Bonchev–Trinajstić information content (AvgIpc) is 3.16. The third kappa shape index (κ3) is 4.04. The Kier molecular flexibility index (Phi) is 5.55. The predicted molar refractivity (Wildman–Crippen MR) is 105 cm³/mol. The number of hydrogen-bond acceptors (Lipinski definition) is 3.